The van der Waals surface area contributed by atoms with Crippen molar-refractivity contribution in [1.29, 1.82) is 0 Å². The zero-order chi connectivity index (χ0) is 18.9. The zero-order valence-electron chi connectivity index (χ0n) is 12.8. The summed E-state index contributed by atoms with van der Waals surface area (Å²) in [5.74, 6) is -1.87. The van der Waals surface area contributed by atoms with Crippen molar-refractivity contribution >= 4 is 24.1 Å². The van der Waals surface area contributed by atoms with E-state index in [1.807, 2.05) is 0 Å². The molecule has 8 N–H and O–H groups in total. The molecule has 128 valence electrons. The molecule has 10 heteroatoms. The third kappa shape index (κ3) is 68.2. The summed E-state index contributed by atoms with van der Waals surface area (Å²) >= 11 is 0. The van der Waals surface area contributed by atoms with Crippen LogP contribution in [-0.2, 0) is 14.3 Å². The van der Waals surface area contributed by atoms with E-state index in [2.05, 4.69) is 35.1 Å². The number of aliphatic carboxylic acids is 2. The average Bonchev–Trinajstić information content (AvgIpc) is 2.28. The summed E-state index contributed by atoms with van der Waals surface area (Å²) in [5.41, 5.74) is 13.4. The molecular formula is C12H23N3O7. The molecule has 0 rings (SSSR count). The fourth-order valence-electron chi connectivity index (χ4n) is 0.142. The number of hydrogen-bond acceptors (Lipinski definition) is 5. The Bertz CT molecular complexity index is 354. The number of carboxylic acid groups (broad SMARTS) is 2. The lowest BCUT2D eigenvalue weighted by Gasteiger charge is -1.89. The standard InChI is InChI=1S/2C4H6O2.C3H7NO2.CH4N2O/c2*1-3(2)4(5)6;1-2-6-3(4)5;2-1(3)4/h2*1H2,2H3,(H,5,6);2H2,1H3,(H2,4,5);(H4,2,3,4). The first-order valence-corrected chi connectivity index (χ1v) is 5.54. The lowest BCUT2D eigenvalue weighted by molar-refractivity contribution is -0.133. The Hall–Kier alpha value is -3.04. The van der Waals surface area contributed by atoms with Crippen molar-refractivity contribution in [2.45, 2.75) is 20.8 Å². The Labute approximate surface area is 128 Å². The first-order chi connectivity index (χ1) is 9.79. The molecule has 0 saturated carbocycles. The minimum absolute atomic E-state index is 0.176. The van der Waals surface area contributed by atoms with Crippen LogP contribution in [-0.4, -0.2) is 40.9 Å². The van der Waals surface area contributed by atoms with Crippen LogP contribution in [0.25, 0.3) is 0 Å². The first-order valence-electron chi connectivity index (χ1n) is 5.54. The quantitative estimate of drug-likeness (QED) is 0.464. The van der Waals surface area contributed by atoms with Gasteiger partial charge >= 0.3 is 24.1 Å². The van der Waals surface area contributed by atoms with Gasteiger partial charge in [0.1, 0.15) is 0 Å². The molecule has 0 spiro atoms. The van der Waals surface area contributed by atoms with Gasteiger partial charge in [-0.25, -0.2) is 19.2 Å². The van der Waals surface area contributed by atoms with Crippen LogP contribution >= 0.6 is 0 Å². The highest BCUT2D eigenvalue weighted by atomic mass is 16.5. The maximum atomic E-state index is 9.60. The van der Waals surface area contributed by atoms with Crippen molar-refractivity contribution in [1.82, 2.24) is 0 Å². The maximum absolute atomic E-state index is 9.60. The van der Waals surface area contributed by atoms with Crippen LogP contribution in [0, 0.1) is 0 Å². The Kier molecular flexibility index (Phi) is 22.3. The van der Waals surface area contributed by atoms with Crippen molar-refractivity contribution in [3.05, 3.63) is 24.3 Å². The van der Waals surface area contributed by atoms with Crippen LogP contribution in [0.3, 0.4) is 0 Å². The van der Waals surface area contributed by atoms with E-state index in [0.717, 1.165) is 0 Å². The van der Waals surface area contributed by atoms with Crippen molar-refractivity contribution in [2.24, 2.45) is 17.2 Å². The van der Waals surface area contributed by atoms with E-state index in [4.69, 9.17) is 15.0 Å². The van der Waals surface area contributed by atoms with Gasteiger partial charge in [0.05, 0.1) is 6.61 Å². The topological polar surface area (TPSA) is 196 Å². The highest BCUT2D eigenvalue weighted by molar-refractivity contribution is 5.85. The van der Waals surface area contributed by atoms with E-state index in [9.17, 15) is 14.4 Å². The summed E-state index contributed by atoms with van der Waals surface area (Å²) in [4.78, 5) is 37.8. The number of carbonyl (C=O) groups is 4. The van der Waals surface area contributed by atoms with Crippen molar-refractivity contribution in [3.8, 4) is 0 Å². The number of carboxylic acids is 2. The molecule has 0 heterocycles. The van der Waals surface area contributed by atoms with Crippen LogP contribution in [0.15, 0.2) is 24.3 Å². The number of primary amides is 3. The Morgan fingerprint density at radius 1 is 0.909 bits per heavy atom. The van der Waals surface area contributed by atoms with Gasteiger partial charge < -0.3 is 32.2 Å². The molecule has 0 aliphatic heterocycles. The number of nitrogens with two attached hydrogens (primary N) is 3. The van der Waals surface area contributed by atoms with Gasteiger partial charge in [-0.2, -0.15) is 0 Å². The van der Waals surface area contributed by atoms with Crippen molar-refractivity contribution in [2.75, 3.05) is 6.61 Å². The summed E-state index contributed by atoms with van der Waals surface area (Å²) < 4.78 is 4.18. The number of rotatable bonds is 3. The molecule has 0 fully saturated rings. The van der Waals surface area contributed by atoms with Crippen molar-refractivity contribution in [3.63, 3.8) is 0 Å². The van der Waals surface area contributed by atoms with Gasteiger partial charge in [-0.15, -0.1) is 0 Å². The number of amides is 3. The van der Waals surface area contributed by atoms with Gasteiger partial charge in [-0.3, -0.25) is 0 Å². The number of hydrogen-bond donors (Lipinski definition) is 5. The lowest BCUT2D eigenvalue weighted by atomic mass is 10.4. The second-order valence-corrected chi connectivity index (χ2v) is 3.33. The summed E-state index contributed by atoms with van der Waals surface area (Å²) in [5, 5.41) is 15.8. The van der Waals surface area contributed by atoms with Crippen molar-refractivity contribution < 1.29 is 34.1 Å². The van der Waals surface area contributed by atoms with Gasteiger partial charge in [0, 0.05) is 11.1 Å². The van der Waals surface area contributed by atoms with Gasteiger partial charge in [0.25, 0.3) is 0 Å². The van der Waals surface area contributed by atoms with Gasteiger partial charge in [0.2, 0.25) is 0 Å². The molecular weight excluding hydrogens is 298 g/mol. The molecule has 0 aliphatic carbocycles. The molecule has 0 aromatic rings. The van der Waals surface area contributed by atoms with E-state index in [1.165, 1.54) is 13.8 Å². The monoisotopic (exact) mass is 321 g/mol. The summed E-state index contributed by atoms with van der Waals surface area (Å²) in [7, 11) is 0. The van der Waals surface area contributed by atoms with Crippen LogP contribution in [0.5, 0.6) is 0 Å². The number of ether oxygens (including phenoxy) is 1. The molecule has 0 aliphatic rings. The lowest BCUT2D eigenvalue weighted by Crippen LogP contribution is -2.18. The van der Waals surface area contributed by atoms with Gasteiger partial charge in [0.15, 0.2) is 0 Å². The Morgan fingerprint density at radius 2 is 1.09 bits per heavy atom. The predicted octanol–water partition coefficient (Wildman–Crippen LogP) is 0.420. The van der Waals surface area contributed by atoms with E-state index in [1.54, 1.807) is 6.92 Å². The number of carbonyl (C=O) groups excluding carboxylic acids is 2. The summed E-state index contributed by atoms with van der Waals surface area (Å²) in [6.45, 7) is 11.3. The molecule has 0 radical (unpaired) electrons. The molecule has 10 nitrogen and oxygen atoms in total. The van der Waals surface area contributed by atoms with E-state index in [-0.39, 0.29) is 11.1 Å². The number of urea groups is 1. The molecule has 0 unspecified atom stereocenters. The molecule has 22 heavy (non-hydrogen) atoms. The second kappa shape index (κ2) is 18.0. The summed E-state index contributed by atoms with van der Waals surface area (Å²) in [6.07, 6.45) is -0.711. The Morgan fingerprint density at radius 3 is 1.09 bits per heavy atom. The Balaban J connectivity index is -0.0000000994. The molecule has 0 aromatic carbocycles. The van der Waals surface area contributed by atoms with E-state index >= 15 is 0 Å². The molecule has 0 saturated heterocycles. The molecule has 3 amide bonds. The molecule has 0 bridgehead atoms. The minimum Gasteiger partial charge on any atom is -0.478 e. The zero-order valence-corrected chi connectivity index (χ0v) is 12.8. The fraction of sp³-hybridized carbons (Fsp3) is 0.333. The predicted molar refractivity (Wildman–Crippen MR) is 79.9 cm³/mol. The fourth-order valence-corrected chi connectivity index (χ4v) is 0.142. The van der Waals surface area contributed by atoms with Gasteiger partial charge in [-0.1, -0.05) is 13.2 Å². The highest BCUT2D eigenvalue weighted by Crippen LogP contribution is 1.81. The van der Waals surface area contributed by atoms with Crippen LogP contribution in [0.4, 0.5) is 9.59 Å². The van der Waals surface area contributed by atoms with E-state index in [0.29, 0.717) is 6.61 Å². The smallest absolute Gasteiger partial charge is 0.404 e. The first kappa shape index (κ1) is 27.3. The molecule has 0 aromatic heterocycles. The van der Waals surface area contributed by atoms with Crippen LogP contribution in [0.1, 0.15) is 20.8 Å². The second-order valence-electron chi connectivity index (χ2n) is 3.33. The van der Waals surface area contributed by atoms with Gasteiger partial charge in [-0.05, 0) is 20.8 Å². The normalized spacial score (nSPS) is 7.23. The molecule has 0 atom stereocenters. The van der Waals surface area contributed by atoms with Crippen LogP contribution < -0.4 is 17.2 Å². The average molecular weight is 321 g/mol. The minimum atomic E-state index is -0.935. The largest absolute Gasteiger partial charge is 0.478 e. The van der Waals surface area contributed by atoms with E-state index < -0.39 is 24.1 Å². The third-order valence-electron chi connectivity index (χ3n) is 1.02. The van der Waals surface area contributed by atoms with Crippen LogP contribution in [0.2, 0.25) is 0 Å². The summed E-state index contributed by atoms with van der Waals surface area (Å²) in [6, 6.07) is -0.833. The third-order valence-corrected chi connectivity index (χ3v) is 1.02. The maximum Gasteiger partial charge on any atom is 0.404 e. The SMILES string of the molecule is C=C(C)C(=O)O.C=C(C)C(=O)O.CCOC(N)=O.NC(N)=O. The highest BCUT2D eigenvalue weighted by Gasteiger charge is 1.90.